The quantitative estimate of drug-likeness (QED) is 0.0485. The molecule has 12 rings (SSSR count). The van der Waals surface area contributed by atoms with Crippen LogP contribution >= 0.6 is 0 Å². The Balaban J connectivity index is 0.00000253. The fourth-order valence-electron chi connectivity index (χ4n) is 10.0. The van der Waals surface area contributed by atoms with Crippen LogP contribution in [0.5, 0.6) is 0 Å². The van der Waals surface area contributed by atoms with Crippen molar-refractivity contribution in [1.82, 2.24) is 44.9 Å². The SMILES string of the molecule is O=S(=O)([O-])c1cc(Nc2nc(Nc3ccc(/C=C/c4ccc(-n5nc6cc(S(=O)(=O)[O-])c7ccccc7c6n5)cc4S(=O)(=O)[O-])c(S(=O)(=O)[O-])c3)nc(N3CCOCC3)n2)ccc1/C=C/c1ccc(-n2nc3cc(S(=O)(=O)[O-])c4ccccc4c3n2)cc1S(=O)(=O)[O-].[Na+].[Na+].[Na+].[Na+].[Na+].[Na+]. The van der Waals surface area contributed by atoms with Gasteiger partial charge in [0.1, 0.15) is 82.8 Å². The van der Waals surface area contributed by atoms with E-state index in [-0.39, 0.29) is 310 Å². The van der Waals surface area contributed by atoms with Crippen molar-refractivity contribution in [1.29, 1.82) is 0 Å². The molecule has 1 saturated heterocycles. The molecule has 1 aliphatic heterocycles. The van der Waals surface area contributed by atoms with Crippen LogP contribution in [0.15, 0.2) is 163 Å². The molecular weight excluding hydrogens is 1460 g/mol. The van der Waals surface area contributed by atoms with Gasteiger partial charge in [0.15, 0.2) is 0 Å². The molecule has 1 fully saturated rings. The van der Waals surface area contributed by atoms with E-state index in [1.54, 1.807) is 17.0 Å². The average molecular weight is 1500 g/mol. The van der Waals surface area contributed by atoms with Gasteiger partial charge in [-0.25, -0.2) is 50.5 Å². The van der Waals surface area contributed by atoms with Gasteiger partial charge in [0, 0.05) is 46.0 Å². The van der Waals surface area contributed by atoms with Crippen molar-refractivity contribution in [3.05, 3.63) is 156 Å². The molecule has 0 unspecified atom stereocenters. The van der Waals surface area contributed by atoms with Crippen LogP contribution in [-0.2, 0) is 65.4 Å². The van der Waals surface area contributed by atoms with E-state index >= 15 is 0 Å². The zero-order valence-corrected chi connectivity index (χ0v) is 68.9. The fraction of sp³-hybridized carbons (Fsp3) is 0.0727. The molecule has 8 aromatic carbocycles. The van der Waals surface area contributed by atoms with Crippen LogP contribution in [0.3, 0.4) is 0 Å². The van der Waals surface area contributed by atoms with Gasteiger partial charge in [-0.1, -0.05) is 97.1 Å². The smallest absolute Gasteiger partial charge is 0.744 e. The second-order valence-corrected chi connectivity index (χ2v) is 28.1. The normalized spacial score (nSPS) is 13.1. The Kier molecular flexibility index (Phi) is 27.7. The van der Waals surface area contributed by atoms with E-state index < -0.39 is 90.1 Å². The minimum absolute atomic E-state index is 0. The van der Waals surface area contributed by atoms with Gasteiger partial charge < -0.3 is 47.6 Å². The summed E-state index contributed by atoms with van der Waals surface area (Å²) in [7, 11) is -31.4. The zero-order valence-electron chi connectivity index (χ0n) is 52.0. The number of morpholine rings is 1. The molecule has 1 aliphatic rings. The van der Waals surface area contributed by atoms with E-state index in [1.165, 1.54) is 60.7 Å². The summed E-state index contributed by atoms with van der Waals surface area (Å²) in [6.07, 6.45) is 4.22. The van der Waals surface area contributed by atoms with E-state index in [2.05, 4.69) is 46.0 Å². The number of aromatic nitrogens is 9. The molecule has 11 aromatic rings. The van der Waals surface area contributed by atoms with E-state index in [4.69, 9.17) is 4.74 Å². The van der Waals surface area contributed by atoms with Crippen LogP contribution in [-0.4, -0.2) is 149 Å². The number of nitrogens with zero attached hydrogens (tertiary/aromatic N) is 10. The van der Waals surface area contributed by atoms with Crippen molar-refractivity contribution < 1.29 is 260 Å². The zero-order chi connectivity index (χ0) is 65.5. The number of ether oxygens (including phenoxy) is 1. The van der Waals surface area contributed by atoms with Gasteiger partial charge in [0.05, 0.1) is 54.0 Å². The van der Waals surface area contributed by atoms with Crippen LogP contribution in [0.1, 0.15) is 22.3 Å². The first-order valence-electron chi connectivity index (χ1n) is 26.2. The molecular formula is C55H36N12Na6O19S6. The maximum Gasteiger partial charge on any atom is 1.00 e. The third kappa shape index (κ3) is 18.5. The van der Waals surface area contributed by atoms with Crippen LogP contribution in [0, 0.1) is 0 Å². The van der Waals surface area contributed by atoms with Crippen LogP contribution in [0.4, 0.5) is 29.2 Å². The minimum atomic E-state index is -5.36. The average Bonchev–Trinajstić information content (AvgIpc) is 1.61. The number of anilines is 5. The van der Waals surface area contributed by atoms with Crippen molar-refractivity contribution in [2.45, 2.75) is 29.4 Å². The molecule has 4 heterocycles. The minimum Gasteiger partial charge on any atom is -0.744 e. The summed E-state index contributed by atoms with van der Waals surface area (Å²) in [6, 6.07) is 27.4. The van der Waals surface area contributed by atoms with Gasteiger partial charge in [0.2, 0.25) is 17.8 Å². The number of hydrogen-bond donors (Lipinski definition) is 2. The molecule has 0 amide bonds. The van der Waals surface area contributed by atoms with Gasteiger partial charge in [-0.15, -0.1) is 20.4 Å². The third-order valence-electron chi connectivity index (χ3n) is 14.1. The van der Waals surface area contributed by atoms with E-state index in [1.807, 2.05) is 0 Å². The second kappa shape index (κ2) is 32.6. The van der Waals surface area contributed by atoms with Crippen molar-refractivity contribution >= 4 is 158 Å². The first-order valence-corrected chi connectivity index (χ1v) is 34.7. The van der Waals surface area contributed by atoms with E-state index in [0.29, 0.717) is 0 Å². The van der Waals surface area contributed by atoms with Crippen LogP contribution in [0.25, 0.3) is 79.3 Å². The Bertz CT molecular complexity index is 5420. The maximum atomic E-state index is 12.9. The Morgan fingerprint density at radius 1 is 0.367 bits per heavy atom. The summed E-state index contributed by atoms with van der Waals surface area (Å²) >= 11 is 0. The van der Waals surface area contributed by atoms with Gasteiger partial charge in [-0.05, 0) is 82.9 Å². The third-order valence-corrected chi connectivity index (χ3v) is 19.4. The van der Waals surface area contributed by atoms with Crippen molar-refractivity contribution in [2.24, 2.45) is 0 Å². The van der Waals surface area contributed by atoms with Crippen molar-refractivity contribution in [3.8, 4) is 11.4 Å². The van der Waals surface area contributed by atoms with Crippen LogP contribution in [0.2, 0.25) is 0 Å². The monoisotopic (exact) mass is 1500 g/mol. The molecule has 43 heteroatoms. The fourth-order valence-corrected chi connectivity index (χ4v) is 14.2. The number of benzene rings is 8. The molecule has 98 heavy (non-hydrogen) atoms. The summed E-state index contributed by atoms with van der Waals surface area (Å²) < 4.78 is 232. The summed E-state index contributed by atoms with van der Waals surface area (Å²) in [6.45, 7) is 1.01. The van der Waals surface area contributed by atoms with Gasteiger partial charge >= 0.3 is 177 Å². The molecule has 3 aromatic heterocycles. The molecule has 0 atom stereocenters. The standard InChI is InChI=1S/C55H42N12O19S6.6Na/c68-87(69,70)45-25-35(17-13-31(45)9-11-33-15-19-37(27-47(33)89(74,75)76)66-61-43-29-49(91(80,81)82)39-5-1-3-7-41(39)51(43)63-66)56-53-58-54(60-55(59-53)65-21-23-86-24-22-65)57-36-18-14-32(46(26-36)88(71,72)73)10-12-34-16-20-38(28-48(34)90(77,78)79)67-62-44-30-50(92(83,84)85)40-6-2-4-8-42(40)52(44)64-67;;;;;;/h1-20,25-30H,21-24H2,(H,68,69,70)(H,71,72,73)(H,74,75,76)(H,77,78,79)(H,80,81,82)(H,83,84,85)(H2,56,57,58,59,60);;;;;;/q;6*+1/p-6/b11-9+,12-10+;;;;;;. The molecule has 2 N–H and O–H groups in total. The molecule has 0 bridgehead atoms. The Hall–Kier alpha value is -3.61. The van der Waals surface area contributed by atoms with Gasteiger partial charge in [0.25, 0.3) is 0 Å². The largest absolute Gasteiger partial charge is 1.00 e. The Labute approximate surface area is 691 Å². The van der Waals surface area contributed by atoms with Crippen LogP contribution < -0.4 is 193 Å². The predicted octanol–water partition coefficient (Wildman–Crippen LogP) is -13.2. The summed E-state index contributed by atoms with van der Waals surface area (Å²) in [5, 5.41) is 23.4. The van der Waals surface area contributed by atoms with E-state index in [0.717, 1.165) is 94.6 Å². The van der Waals surface area contributed by atoms with Gasteiger partial charge in [-0.3, -0.25) is 0 Å². The number of fused-ring (bicyclic) bond motifs is 6. The molecule has 0 aliphatic carbocycles. The molecule has 472 valence electrons. The summed E-state index contributed by atoms with van der Waals surface area (Å²) in [4.78, 5) is 12.2. The predicted molar refractivity (Wildman–Crippen MR) is 321 cm³/mol. The first kappa shape index (κ1) is 83.3. The molecule has 0 saturated carbocycles. The second-order valence-electron chi connectivity index (χ2n) is 20.0. The molecule has 0 radical (unpaired) electrons. The van der Waals surface area contributed by atoms with Crippen molar-refractivity contribution in [2.75, 3.05) is 41.8 Å². The number of hydrogen-bond acceptors (Lipinski definition) is 29. The Morgan fingerprint density at radius 2 is 0.684 bits per heavy atom. The summed E-state index contributed by atoms with van der Waals surface area (Å²) in [5.74, 6) is -0.555. The van der Waals surface area contributed by atoms with Gasteiger partial charge in [-0.2, -0.15) is 24.5 Å². The first-order chi connectivity index (χ1) is 43.3. The summed E-state index contributed by atoms with van der Waals surface area (Å²) in [5.41, 5.74) is -1.37. The number of rotatable bonds is 17. The Morgan fingerprint density at radius 3 is 1.02 bits per heavy atom. The molecule has 31 nitrogen and oxygen atoms in total. The maximum absolute atomic E-state index is 12.9. The number of nitrogens with one attached hydrogen (secondary N) is 2. The van der Waals surface area contributed by atoms with Crippen molar-refractivity contribution in [3.63, 3.8) is 0 Å². The molecule has 0 spiro atoms. The van der Waals surface area contributed by atoms with E-state index in [9.17, 15) is 77.8 Å². The topological polar surface area (TPSA) is 480 Å².